The normalized spacial score (nSPS) is 10.4. The van der Waals surface area contributed by atoms with Gasteiger partial charge in [0.2, 0.25) is 5.95 Å². The molecule has 0 bridgehead atoms. The molecule has 3 aromatic rings. The van der Waals surface area contributed by atoms with Crippen molar-refractivity contribution in [3.8, 4) is 5.75 Å². The standard InChI is InChI=1S/C19H21N5O/c1-4-24(15-8-6-5-7-9-15)18-13-20-23-19(22-18)21-16-12-14(2)10-11-17(16)25-3/h5-13H,4H2,1-3H3,(H,21,22,23). The number of hydrogen-bond donors (Lipinski definition) is 1. The van der Waals surface area contributed by atoms with E-state index >= 15 is 0 Å². The van der Waals surface area contributed by atoms with E-state index < -0.39 is 0 Å². The van der Waals surface area contributed by atoms with Crippen molar-refractivity contribution in [2.45, 2.75) is 13.8 Å². The minimum Gasteiger partial charge on any atom is -0.495 e. The molecule has 1 aromatic heterocycles. The van der Waals surface area contributed by atoms with Crippen LogP contribution in [0.3, 0.4) is 0 Å². The number of methoxy groups -OCH3 is 1. The highest BCUT2D eigenvalue weighted by Crippen LogP contribution is 2.28. The van der Waals surface area contributed by atoms with Gasteiger partial charge in [-0.25, -0.2) is 0 Å². The van der Waals surface area contributed by atoms with Gasteiger partial charge in [0, 0.05) is 12.2 Å². The van der Waals surface area contributed by atoms with Crippen LogP contribution >= 0.6 is 0 Å². The molecule has 0 amide bonds. The Morgan fingerprint density at radius 3 is 2.64 bits per heavy atom. The third-order valence-electron chi connectivity index (χ3n) is 3.81. The van der Waals surface area contributed by atoms with Crippen LogP contribution in [0, 0.1) is 6.92 Å². The molecule has 6 nitrogen and oxygen atoms in total. The summed E-state index contributed by atoms with van der Waals surface area (Å²) in [5.74, 6) is 1.89. The molecule has 25 heavy (non-hydrogen) atoms. The van der Waals surface area contributed by atoms with E-state index in [0.717, 1.165) is 35.1 Å². The molecule has 1 heterocycles. The van der Waals surface area contributed by atoms with Gasteiger partial charge in [-0.1, -0.05) is 24.3 Å². The Hall–Kier alpha value is -3.15. The Bertz CT molecular complexity index is 838. The van der Waals surface area contributed by atoms with Crippen LogP contribution in [0.5, 0.6) is 5.75 Å². The number of aromatic nitrogens is 3. The summed E-state index contributed by atoms with van der Waals surface area (Å²) >= 11 is 0. The Labute approximate surface area is 147 Å². The van der Waals surface area contributed by atoms with E-state index in [-0.39, 0.29) is 0 Å². The Morgan fingerprint density at radius 2 is 1.92 bits per heavy atom. The van der Waals surface area contributed by atoms with Gasteiger partial charge in [-0.15, -0.1) is 5.10 Å². The summed E-state index contributed by atoms with van der Waals surface area (Å²) in [7, 11) is 1.64. The van der Waals surface area contributed by atoms with Crippen molar-refractivity contribution in [1.82, 2.24) is 15.2 Å². The third-order valence-corrected chi connectivity index (χ3v) is 3.81. The maximum Gasteiger partial charge on any atom is 0.249 e. The van der Waals surface area contributed by atoms with Gasteiger partial charge < -0.3 is 15.0 Å². The molecule has 0 radical (unpaired) electrons. The summed E-state index contributed by atoms with van der Waals surface area (Å²) in [6.07, 6.45) is 1.66. The summed E-state index contributed by atoms with van der Waals surface area (Å²) < 4.78 is 5.39. The molecule has 0 spiro atoms. The fraction of sp³-hybridized carbons (Fsp3) is 0.211. The first-order valence-electron chi connectivity index (χ1n) is 8.15. The molecule has 128 valence electrons. The quantitative estimate of drug-likeness (QED) is 0.732. The van der Waals surface area contributed by atoms with Crippen LogP contribution in [0.2, 0.25) is 0 Å². The number of anilines is 4. The van der Waals surface area contributed by atoms with Crippen LogP contribution < -0.4 is 15.0 Å². The first-order valence-corrected chi connectivity index (χ1v) is 8.15. The minimum absolute atomic E-state index is 0.427. The van der Waals surface area contributed by atoms with E-state index in [4.69, 9.17) is 4.74 Å². The van der Waals surface area contributed by atoms with Gasteiger partial charge in [-0.05, 0) is 43.7 Å². The number of benzene rings is 2. The van der Waals surface area contributed by atoms with Crippen LogP contribution in [0.25, 0.3) is 0 Å². The summed E-state index contributed by atoms with van der Waals surface area (Å²) in [5, 5.41) is 11.4. The van der Waals surface area contributed by atoms with E-state index in [0.29, 0.717) is 5.95 Å². The molecule has 0 aliphatic rings. The zero-order valence-corrected chi connectivity index (χ0v) is 14.6. The minimum atomic E-state index is 0.427. The molecule has 1 N–H and O–H groups in total. The lowest BCUT2D eigenvalue weighted by Crippen LogP contribution is -2.18. The van der Waals surface area contributed by atoms with Crippen molar-refractivity contribution in [1.29, 1.82) is 0 Å². The molecule has 0 aliphatic heterocycles. The van der Waals surface area contributed by atoms with Gasteiger partial charge in [0.25, 0.3) is 0 Å². The summed E-state index contributed by atoms with van der Waals surface area (Å²) in [6, 6.07) is 16.0. The Morgan fingerprint density at radius 1 is 1.12 bits per heavy atom. The fourth-order valence-electron chi connectivity index (χ4n) is 2.60. The maximum atomic E-state index is 5.39. The number of hydrogen-bond acceptors (Lipinski definition) is 6. The zero-order chi connectivity index (χ0) is 17.6. The number of nitrogens with one attached hydrogen (secondary N) is 1. The number of aryl methyl sites for hydroxylation is 1. The van der Waals surface area contributed by atoms with E-state index in [1.807, 2.05) is 55.5 Å². The van der Waals surface area contributed by atoms with Gasteiger partial charge in [0.1, 0.15) is 5.75 Å². The summed E-state index contributed by atoms with van der Waals surface area (Å²) in [5.41, 5.74) is 2.99. The first kappa shape index (κ1) is 16.7. The summed E-state index contributed by atoms with van der Waals surface area (Å²) in [4.78, 5) is 6.68. The Balaban J connectivity index is 1.90. The SMILES string of the molecule is CCN(c1ccccc1)c1cnnc(Nc2cc(C)ccc2OC)n1. The van der Waals surface area contributed by atoms with Gasteiger partial charge in [-0.2, -0.15) is 10.1 Å². The van der Waals surface area contributed by atoms with Crippen molar-refractivity contribution in [2.24, 2.45) is 0 Å². The monoisotopic (exact) mass is 335 g/mol. The second-order valence-electron chi connectivity index (χ2n) is 5.55. The number of rotatable bonds is 6. The van der Waals surface area contributed by atoms with E-state index in [1.165, 1.54) is 0 Å². The molecule has 2 aromatic carbocycles. The number of nitrogens with zero attached hydrogens (tertiary/aromatic N) is 4. The largest absolute Gasteiger partial charge is 0.495 e. The molecule has 6 heteroatoms. The van der Waals surface area contributed by atoms with E-state index in [9.17, 15) is 0 Å². The first-order chi connectivity index (χ1) is 12.2. The lowest BCUT2D eigenvalue weighted by Gasteiger charge is -2.21. The van der Waals surface area contributed by atoms with Crippen molar-refractivity contribution < 1.29 is 4.74 Å². The molecule has 0 saturated carbocycles. The molecule has 0 unspecified atom stereocenters. The summed E-state index contributed by atoms with van der Waals surface area (Å²) in [6.45, 7) is 4.87. The lowest BCUT2D eigenvalue weighted by atomic mass is 10.2. The average molecular weight is 335 g/mol. The van der Waals surface area contributed by atoms with Gasteiger partial charge >= 0.3 is 0 Å². The highest BCUT2D eigenvalue weighted by atomic mass is 16.5. The van der Waals surface area contributed by atoms with Crippen LogP contribution in [0.4, 0.5) is 23.1 Å². The van der Waals surface area contributed by atoms with Crippen molar-refractivity contribution in [2.75, 3.05) is 23.9 Å². The van der Waals surface area contributed by atoms with Crippen LogP contribution in [-0.4, -0.2) is 28.8 Å². The van der Waals surface area contributed by atoms with Gasteiger partial charge in [0.05, 0.1) is 19.0 Å². The second kappa shape index (κ2) is 7.61. The van der Waals surface area contributed by atoms with Gasteiger partial charge in [-0.3, -0.25) is 0 Å². The topological polar surface area (TPSA) is 63.2 Å². The molecule has 0 atom stereocenters. The van der Waals surface area contributed by atoms with Gasteiger partial charge in [0.15, 0.2) is 5.82 Å². The smallest absolute Gasteiger partial charge is 0.249 e. The maximum absolute atomic E-state index is 5.39. The predicted octanol–water partition coefficient (Wildman–Crippen LogP) is 4.09. The van der Waals surface area contributed by atoms with E-state index in [2.05, 4.69) is 32.3 Å². The van der Waals surface area contributed by atoms with Crippen molar-refractivity contribution >= 4 is 23.1 Å². The highest BCUT2D eigenvalue weighted by Gasteiger charge is 2.12. The number of ether oxygens (including phenoxy) is 1. The van der Waals surface area contributed by atoms with Crippen LogP contribution in [0.15, 0.2) is 54.7 Å². The zero-order valence-electron chi connectivity index (χ0n) is 14.6. The molecular weight excluding hydrogens is 314 g/mol. The fourth-order valence-corrected chi connectivity index (χ4v) is 2.60. The van der Waals surface area contributed by atoms with E-state index in [1.54, 1.807) is 13.3 Å². The predicted molar refractivity (Wildman–Crippen MR) is 100.0 cm³/mol. The molecule has 0 fully saturated rings. The molecule has 0 saturated heterocycles. The molecular formula is C19H21N5O. The number of para-hydroxylation sites is 1. The van der Waals surface area contributed by atoms with Crippen molar-refractivity contribution in [3.63, 3.8) is 0 Å². The molecule has 0 aliphatic carbocycles. The Kier molecular flexibility index (Phi) is 5.09. The third kappa shape index (κ3) is 3.85. The second-order valence-corrected chi connectivity index (χ2v) is 5.55. The molecule has 3 rings (SSSR count). The van der Waals surface area contributed by atoms with Crippen molar-refractivity contribution in [3.05, 3.63) is 60.3 Å². The van der Waals surface area contributed by atoms with Crippen LogP contribution in [-0.2, 0) is 0 Å². The van der Waals surface area contributed by atoms with Crippen LogP contribution in [0.1, 0.15) is 12.5 Å². The lowest BCUT2D eigenvalue weighted by molar-refractivity contribution is 0.416. The highest BCUT2D eigenvalue weighted by molar-refractivity contribution is 5.65. The average Bonchev–Trinajstić information content (AvgIpc) is 2.64.